The Morgan fingerprint density at radius 3 is 2.19 bits per heavy atom. The van der Waals surface area contributed by atoms with E-state index in [-0.39, 0.29) is 0 Å². The zero-order valence-corrected chi connectivity index (χ0v) is 18.8. The summed E-state index contributed by atoms with van der Waals surface area (Å²) in [5.74, 6) is -2.21. The number of carbonyl (C=O) groups is 3. The van der Waals surface area contributed by atoms with Crippen LogP contribution in [0.25, 0.3) is 12.2 Å². The molecule has 4 N–H and O–H groups in total. The lowest BCUT2D eigenvalue weighted by Crippen LogP contribution is -2.46. The Morgan fingerprint density at radius 1 is 1.00 bits per heavy atom. The number of aryl methyl sites for hydroxylation is 1. The van der Waals surface area contributed by atoms with Crippen molar-refractivity contribution in [1.82, 2.24) is 10.6 Å². The van der Waals surface area contributed by atoms with Crippen LogP contribution < -0.4 is 16.4 Å². The van der Waals surface area contributed by atoms with Crippen LogP contribution in [0.5, 0.6) is 0 Å². The number of rotatable bonds is 9. The molecule has 0 radical (unpaired) electrons. The van der Waals surface area contributed by atoms with Crippen molar-refractivity contribution in [2.24, 2.45) is 5.73 Å². The minimum atomic E-state index is -1.03. The highest BCUT2D eigenvalue weighted by Gasteiger charge is 2.25. The zero-order valence-electron chi connectivity index (χ0n) is 18.8. The van der Waals surface area contributed by atoms with Gasteiger partial charge in [-0.1, -0.05) is 79.9 Å². The number of nitrogens with one attached hydrogen (secondary N) is 2. The molecule has 0 bridgehead atoms. The van der Waals surface area contributed by atoms with Gasteiger partial charge in [0.05, 0.1) is 6.04 Å². The number of hydrogen-bond acceptors (Lipinski definition) is 4. The van der Waals surface area contributed by atoms with Crippen LogP contribution in [0.4, 0.5) is 0 Å². The van der Waals surface area contributed by atoms with E-state index in [4.69, 9.17) is 5.73 Å². The summed E-state index contributed by atoms with van der Waals surface area (Å²) in [4.78, 5) is 36.1. The number of benzene rings is 2. The van der Waals surface area contributed by atoms with Gasteiger partial charge in [0.15, 0.2) is 0 Å². The number of carbonyl (C=O) groups excluding carboxylic acids is 3. The molecule has 2 amide bonds. The van der Waals surface area contributed by atoms with E-state index in [0.717, 1.165) is 17.5 Å². The molecule has 0 saturated carbocycles. The molecule has 2 rings (SSSR count). The molecule has 1 atom stereocenters. The molecule has 0 aliphatic heterocycles. The van der Waals surface area contributed by atoms with Crippen LogP contribution in [0.1, 0.15) is 53.2 Å². The molecule has 0 spiro atoms. The van der Waals surface area contributed by atoms with Gasteiger partial charge in [-0.15, -0.1) is 0 Å². The smallest absolute Gasteiger partial charge is 0.287 e. The fraction of sp³-hybridized carbons (Fsp3) is 0.320. The minimum Gasteiger partial charge on any atom is -0.363 e. The van der Waals surface area contributed by atoms with E-state index in [0.29, 0.717) is 18.4 Å². The first-order chi connectivity index (χ1) is 14.8. The van der Waals surface area contributed by atoms with Gasteiger partial charge in [0.25, 0.3) is 11.8 Å². The molecule has 0 aromatic heterocycles. The Labute approximate surface area is 184 Å². The SMILES string of the molecule is CCCCC(NC(=O)c1ccccc1C=Cc1ccc(C)cc1)C(=O)C(N)=O.CNC. The molecule has 166 valence electrons. The summed E-state index contributed by atoms with van der Waals surface area (Å²) in [5, 5.41) is 5.42. The molecular formula is C25H33N3O3. The number of amides is 2. The van der Waals surface area contributed by atoms with E-state index < -0.39 is 23.6 Å². The van der Waals surface area contributed by atoms with E-state index in [1.165, 1.54) is 5.56 Å². The van der Waals surface area contributed by atoms with Crippen LogP contribution in [-0.4, -0.2) is 37.7 Å². The third-order valence-electron chi connectivity index (χ3n) is 4.45. The van der Waals surface area contributed by atoms with Crippen molar-refractivity contribution in [2.75, 3.05) is 14.1 Å². The third-order valence-corrected chi connectivity index (χ3v) is 4.45. The lowest BCUT2D eigenvalue weighted by Gasteiger charge is -2.16. The van der Waals surface area contributed by atoms with Gasteiger partial charge in [0, 0.05) is 5.56 Å². The normalized spacial score (nSPS) is 11.4. The topological polar surface area (TPSA) is 101 Å². The number of primary amides is 1. The van der Waals surface area contributed by atoms with E-state index in [9.17, 15) is 14.4 Å². The fourth-order valence-electron chi connectivity index (χ4n) is 2.80. The second kappa shape index (κ2) is 13.9. The molecule has 0 saturated heterocycles. The molecule has 2 aromatic carbocycles. The van der Waals surface area contributed by atoms with Gasteiger partial charge < -0.3 is 16.4 Å². The van der Waals surface area contributed by atoms with Crippen molar-refractivity contribution in [3.63, 3.8) is 0 Å². The van der Waals surface area contributed by atoms with Crippen molar-refractivity contribution < 1.29 is 14.4 Å². The van der Waals surface area contributed by atoms with Crippen LogP contribution in [0.2, 0.25) is 0 Å². The van der Waals surface area contributed by atoms with Gasteiger partial charge in [0.1, 0.15) is 0 Å². The average Bonchev–Trinajstić information content (AvgIpc) is 2.76. The summed E-state index contributed by atoms with van der Waals surface area (Å²) in [7, 11) is 3.75. The van der Waals surface area contributed by atoms with Gasteiger partial charge in [-0.3, -0.25) is 14.4 Å². The highest BCUT2D eigenvalue weighted by atomic mass is 16.2. The lowest BCUT2D eigenvalue weighted by molar-refractivity contribution is -0.137. The molecular weight excluding hydrogens is 390 g/mol. The van der Waals surface area contributed by atoms with E-state index >= 15 is 0 Å². The van der Waals surface area contributed by atoms with Crippen molar-refractivity contribution in [3.8, 4) is 0 Å². The van der Waals surface area contributed by atoms with Crippen LogP contribution in [0, 0.1) is 6.92 Å². The number of unbranched alkanes of at least 4 members (excludes halogenated alkanes) is 1. The highest BCUT2D eigenvalue weighted by Crippen LogP contribution is 2.15. The fourth-order valence-corrected chi connectivity index (χ4v) is 2.80. The molecule has 0 heterocycles. The van der Waals surface area contributed by atoms with Crippen LogP contribution >= 0.6 is 0 Å². The summed E-state index contributed by atoms with van der Waals surface area (Å²) in [5.41, 5.74) is 8.48. The number of ketones is 1. The predicted octanol–water partition coefficient (Wildman–Crippen LogP) is 3.34. The number of Topliss-reactive ketones (excluding diaryl/α,β-unsaturated/α-hetero) is 1. The second-order valence-electron chi connectivity index (χ2n) is 7.23. The third kappa shape index (κ3) is 8.97. The first kappa shape index (κ1) is 25.8. The number of hydrogen-bond donors (Lipinski definition) is 3. The molecule has 0 aliphatic rings. The summed E-state index contributed by atoms with van der Waals surface area (Å²) >= 11 is 0. The minimum absolute atomic E-state index is 0.380. The van der Waals surface area contributed by atoms with Crippen molar-refractivity contribution in [1.29, 1.82) is 0 Å². The van der Waals surface area contributed by atoms with Crippen molar-refractivity contribution in [3.05, 3.63) is 70.8 Å². The van der Waals surface area contributed by atoms with Crippen LogP contribution in [-0.2, 0) is 9.59 Å². The maximum Gasteiger partial charge on any atom is 0.287 e. The maximum absolute atomic E-state index is 12.8. The summed E-state index contributed by atoms with van der Waals surface area (Å²) in [6.45, 7) is 3.99. The molecule has 2 aromatic rings. The van der Waals surface area contributed by atoms with Crippen LogP contribution in [0.15, 0.2) is 48.5 Å². The van der Waals surface area contributed by atoms with Gasteiger partial charge in [-0.2, -0.15) is 0 Å². The van der Waals surface area contributed by atoms with E-state index in [1.54, 1.807) is 12.1 Å². The Balaban J connectivity index is 0.00000151. The quantitative estimate of drug-likeness (QED) is 0.425. The van der Waals surface area contributed by atoms with E-state index in [1.807, 2.05) is 76.5 Å². The Bertz CT molecular complexity index is 889. The molecule has 31 heavy (non-hydrogen) atoms. The Kier molecular flexibility index (Phi) is 11.5. The summed E-state index contributed by atoms with van der Waals surface area (Å²) in [6, 6.07) is 14.3. The Hall–Kier alpha value is -3.25. The van der Waals surface area contributed by atoms with Gasteiger partial charge >= 0.3 is 0 Å². The molecule has 0 aliphatic carbocycles. The second-order valence-corrected chi connectivity index (χ2v) is 7.23. The molecule has 6 nitrogen and oxygen atoms in total. The molecule has 1 unspecified atom stereocenters. The average molecular weight is 424 g/mol. The van der Waals surface area contributed by atoms with Crippen LogP contribution in [0.3, 0.4) is 0 Å². The molecule has 6 heteroatoms. The lowest BCUT2D eigenvalue weighted by atomic mass is 10.0. The van der Waals surface area contributed by atoms with E-state index in [2.05, 4.69) is 10.6 Å². The first-order valence-corrected chi connectivity index (χ1v) is 10.4. The standard InChI is InChI=1S/C23H26N2O3.C2H7N/c1-3-4-9-20(21(26)22(24)27)25-23(28)19-8-6-5-7-18(19)15-14-17-12-10-16(2)11-13-17;1-3-2/h5-8,10-15,20H,3-4,9H2,1-2H3,(H2,24,27)(H,25,28);3H,1-2H3. The maximum atomic E-state index is 12.8. The highest BCUT2D eigenvalue weighted by molar-refractivity contribution is 6.38. The first-order valence-electron chi connectivity index (χ1n) is 10.4. The molecule has 0 fully saturated rings. The monoisotopic (exact) mass is 423 g/mol. The Morgan fingerprint density at radius 2 is 1.61 bits per heavy atom. The summed E-state index contributed by atoms with van der Waals surface area (Å²) < 4.78 is 0. The van der Waals surface area contributed by atoms with Gasteiger partial charge in [-0.25, -0.2) is 0 Å². The van der Waals surface area contributed by atoms with Crippen molar-refractivity contribution >= 4 is 29.7 Å². The van der Waals surface area contributed by atoms with Gasteiger partial charge in [-0.05, 0) is 44.6 Å². The zero-order chi connectivity index (χ0) is 23.2. The van der Waals surface area contributed by atoms with Gasteiger partial charge in [0.2, 0.25) is 5.78 Å². The number of nitrogens with two attached hydrogens (primary N) is 1. The summed E-state index contributed by atoms with van der Waals surface area (Å²) in [6.07, 6.45) is 5.71. The largest absolute Gasteiger partial charge is 0.363 e. The predicted molar refractivity (Wildman–Crippen MR) is 127 cm³/mol. The van der Waals surface area contributed by atoms with Crippen molar-refractivity contribution in [2.45, 2.75) is 39.2 Å².